The van der Waals surface area contributed by atoms with E-state index in [2.05, 4.69) is 10.3 Å². The van der Waals surface area contributed by atoms with Crippen molar-refractivity contribution in [3.63, 3.8) is 0 Å². The van der Waals surface area contributed by atoms with Crippen LogP contribution < -0.4 is 16.8 Å². The molecule has 0 fully saturated rings. The summed E-state index contributed by atoms with van der Waals surface area (Å²) < 4.78 is 1.98. The molecule has 1 aromatic heterocycles. The highest BCUT2D eigenvalue weighted by molar-refractivity contribution is 6.05. The van der Waals surface area contributed by atoms with Gasteiger partial charge in [-0.25, -0.2) is 4.98 Å². The van der Waals surface area contributed by atoms with E-state index < -0.39 is 5.91 Å². The van der Waals surface area contributed by atoms with Crippen molar-refractivity contribution in [1.29, 1.82) is 0 Å². The highest BCUT2D eigenvalue weighted by Gasteiger charge is 2.15. The summed E-state index contributed by atoms with van der Waals surface area (Å²) in [6.07, 6.45) is 5.41. The minimum Gasteiger partial charge on any atom is -0.398 e. The second-order valence-electron chi connectivity index (χ2n) is 8.68. The number of primary amides is 1. The number of nitrogen functional groups attached to an aromatic ring is 1. The third-order valence-electron chi connectivity index (χ3n) is 6.15. The molecule has 4 aromatic carbocycles. The average molecular weight is 488 g/mol. The van der Waals surface area contributed by atoms with Gasteiger partial charge in [-0.1, -0.05) is 54.6 Å². The van der Waals surface area contributed by atoms with Crippen LogP contribution in [0.25, 0.3) is 22.3 Å². The van der Waals surface area contributed by atoms with E-state index in [9.17, 15) is 9.59 Å². The van der Waals surface area contributed by atoms with Crippen LogP contribution in [0.15, 0.2) is 110 Å². The lowest BCUT2D eigenvalue weighted by Gasteiger charge is -2.14. The van der Waals surface area contributed by atoms with Crippen molar-refractivity contribution in [2.75, 3.05) is 11.1 Å². The summed E-state index contributed by atoms with van der Waals surface area (Å²) in [6, 6.07) is 28.1. The minimum absolute atomic E-state index is 0.224. The molecule has 0 bridgehead atoms. The quantitative estimate of drug-likeness (QED) is 0.274. The van der Waals surface area contributed by atoms with Crippen molar-refractivity contribution < 1.29 is 9.59 Å². The number of aromatic nitrogens is 2. The van der Waals surface area contributed by atoms with E-state index in [0.717, 1.165) is 22.3 Å². The number of nitrogens with two attached hydrogens (primary N) is 2. The molecule has 0 saturated heterocycles. The van der Waals surface area contributed by atoms with Crippen molar-refractivity contribution in [1.82, 2.24) is 9.55 Å². The molecular weight excluding hydrogens is 462 g/mol. The Labute approximate surface area is 214 Å². The normalized spacial score (nSPS) is 10.7. The molecule has 1 heterocycles. The number of hydrogen-bond acceptors (Lipinski definition) is 4. The van der Waals surface area contributed by atoms with Crippen LogP contribution in [0.1, 0.15) is 26.3 Å². The van der Waals surface area contributed by atoms with E-state index in [1.54, 1.807) is 30.7 Å². The zero-order valence-electron chi connectivity index (χ0n) is 20.0. The molecule has 0 aliphatic rings. The second-order valence-corrected chi connectivity index (χ2v) is 8.68. The summed E-state index contributed by atoms with van der Waals surface area (Å²) in [7, 11) is 0. The molecule has 37 heavy (non-hydrogen) atoms. The SMILES string of the molecule is NC(=O)c1cc(-c2ccccc2)cc(-c2ccc(C(=O)Nc3ccc(Cn4ccnc4)cc3)cc2)c1N. The summed E-state index contributed by atoms with van der Waals surface area (Å²) in [5.41, 5.74) is 18.0. The predicted octanol–water partition coefficient (Wildman–Crippen LogP) is 5.20. The first-order chi connectivity index (χ1) is 18.0. The maximum atomic E-state index is 12.8. The van der Waals surface area contributed by atoms with Gasteiger partial charge < -0.3 is 21.4 Å². The predicted molar refractivity (Wildman–Crippen MR) is 146 cm³/mol. The Morgan fingerprint density at radius 1 is 0.838 bits per heavy atom. The number of rotatable bonds is 7. The molecular formula is C30H25N5O2. The highest BCUT2D eigenvalue weighted by atomic mass is 16.2. The minimum atomic E-state index is -0.594. The van der Waals surface area contributed by atoms with E-state index >= 15 is 0 Å². The van der Waals surface area contributed by atoms with E-state index in [-0.39, 0.29) is 11.5 Å². The van der Waals surface area contributed by atoms with Crippen LogP contribution in [0, 0.1) is 0 Å². The van der Waals surface area contributed by atoms with Crippen molar-refractivity contribution >= 4 is 23.2 Å². The molecule has 0 spiro atoms. The molecule has 0 radical (unpaired) electrons. The number of amides is 2. The lowest BCUT2D eigenvalue weighted by Crippen LogP contribution is -2.14. The third-order valence-corrected chi connectivity index (χ3v) is 6.15. The summed E-state index contributed by atoms with van der Waals surface area (Å²) >= 11 is 0. The first-order valence-corrected chi connectivity index (χ1v) is 11.7. The van der Waals surface area contributed by atoms with Crippen LogP contribution in [0.4, 0.5) is 11.4 Å². The Bertz CT molecular complexity index is 1540. The second kappa shape index (κ2) is 10.2. The zero-order chi connectivity index (χ0) is 25.8. The molecule has 7 nitrogen and oxygen atoms in total. The largest absolute Gasteiger partial charge is 0.398 e. The Kier molecular flexibility index (Phi) is 6.50. The Hall–Kier alpha value is -5.17. The van der Waals surface area contributed by atoms with Gasteiger partial charge in [-0.2, -0.15) is 0 Å². The lowest BCUT2D eigenvalue weighted by atomic mass is 9.93. The maximum absolute atomic E-state index is 12.8. The van der Waals surface area contributed by atoms with Crippen LogP contribution in [0.2, 0.25) is 0 Å². The summed E-state index contributed by atoms with van der Waals surface area (Å²) in [4.78, 5) is 29.0. The maximum Gasteiger partial charge on any atom is 0.255 e. The molecule has 0 aliphatic carbocycles. The molecule has 0 aliphatic heterocycles. The number of nitrogens with one attached hydrogen (secondary N) is 1. The molecule has 182 valence electrons. The van der Waals surface area contributed by atoms with Gasteiger partial charge in [-0.15, -0.1) is 0 Å². The smallest absolute Gasteiger partial charge is 0.255 e. The van der Waals surface area contributed by atoms with Gasteiger partial charge >= 0.3 is 0 Å². The number of anilines is 2. The fourth-order valence-corrected chi connectivity index (χ4v) is 4.18. The first kappa shape index (κ1) is 23.6. The number of benzene rings is 4. The van der Waals surface area contributed by atoms with E-state index in [4.69, 9.17) is 11.5 Å². The van der Waals surface area contributed by atoms with Crippen molar-refractivity contribution in [3.8, 4) is 22.3 Å². The highest BCUT2D eigenvalue weighted by Crippen LogP contribution is 2.34. The molecule has 5 N–H and O–H groups in total. The van der Waals surface area contributed by atoms with Gasteiger partial charge in [0.05, 0.1) is 17.6 Å². The molecule has 0 unspecified atom stereocenters. The third kappa shape index (κ3) is 5.26. The van der Waals surface area contributed by atoms with Gasteiger partial charge in [-0.3, -0.25) is 9.59 Å². The van der Waals surface area contributed by atoms with Gasteiger partial charge in [-0.05, 0) is 58.7 Å². The fourth-order valence-electron chi connectivity index (χ4n) is 4.18. The van der Waals surface area contributed by atoms with Crippen LogP contribution in [-0.2, 0) is 6.54 Å². The van der Waals surface area contributed by atoms with Crippen LogP contribution in [-0.4, -0.2) is 21.4 Å². The number of hydrogen-bond donors (Lipinski definition) is 3. The summed E-state index contributed by atoms with van der Waals surface area (Å²) in [5, 5.41) is 2.93. The zero-order valence-corrected chi connectivity index (χ0v) is 20.0. The lowest BCUT2D eigenvalue weighted by molar-refractivity contribution is 0.0998. The first-order valence-electron chi connectivity index (χ1n) is 11.7. The Morgan fingerprint density at radius 2 is 1.57 bits per heavy atom. The van der Waals surface area contributed by atoms with E-state index in [1.165, 1.54) is 0 Å². The Morgan fingerprint density at radius 3 is 2.22 bits per heavy atom. The standard InChI is InChI=1S/C30H25N5O2/c31-28-26(16-24(17-27(28)29(32)36)21-4-2-1-3-5-21)22-8-10-23(11-9-22)30(37)34-25-12-6-20(7-13-25)18-35-15-14-33-19-35/h1-17,19H,18,31H2,(H2,32,36)(H,34,37). The Balaban J connectivity index is 1.36. The molecule has 2 amide bonds. The van der Waals surface area contributed by atoms with Gasteiger partial charge in [0.1, 0.15) is 0 Å². The van der Waals surface area contributed by atoms with Gasteiger partial charge in [0, 0.05) is 35.8 Å². The number of imidazole rings is 1. The molecule has 0 atom stereocenters. The van der Waals surface area contributed by atoms with Gasteiger partial charge in [0.2, 0.25) is 0 Å². The average Bonchev–Trinajstić information content (AvgIpc) is 3.43. The monoisotopic (exact) mass is 487 g/mol. The summed E-state index contributed by atoms with van der Waals surface area (Å²) in [5.74, 6) is -0.818. The van der Waals surface area contributed by atoms with Crippen molar-refractivity contribution in [2.45, 2.75) is 6.54 Å². The number of nitrogens with zero attached hydrogens (tertiary/aromatic N) is 2. The van der Waals surface area contributed by atoms with Gasteiger partial charge in [0.15, 0.2) is 0 Å². The molecule has 7 heteroatoms. The van der Waals surface area contributed by atoms with E-state index in [1.807, 2.05) is 83.6 Å². The van der Waals surface area contributed by atoms with E-state index in [0.29, 0.717) is 29.0 Å². The van der Waals surface area contributed by atoms with Crippen molar-refractivity contribution in [3.05, 3.63) is 126 Å². The topological polar surface area (TPSA) is 116 Å². The number of carbonyl (C=O) groups is 2. The van der Waals surface area contributed by atoms with Crippen molar-refractivity contribution in [2.24, 2.45) is 5.73 Å². The molecule has 0 saturated carbocycles. The van der Waals surface area contributed by atoms with Crippen LogP contribution in [0.5, 0.6) is 0 Å². The van der Waals surface area contributed by atoms with Crippen LogP contribution >= 0.6 is 0 Å². The molecule has 5 rings (SSSR count). The van der Waals surface area contributed by atoms with Gasteiger partial charge in [0.25, 0.3) is 11.8 Å². The fraction of sp³-hybridized carbons (Fsp3) is 0.0333. The summed E-state index contributed by atoms with van der Waals surface area (Å²) in [6.45, 7) is 0.710. The van der Waals surface area contributed by atoms with Crippen LogP contribution in [0.3, 0.4) is 0 Å². The molecule has 5 aromatic rings. The number of carbonyl (C=O) groups excluding carboxylic acids is 2.